The van der Waals surface area contributed by atoms with Crippen LogP contribution in [0, 0.1) is 5.92 Å². The first-order valence-corrected chi connectivity index (χ1v) is 8.58. The van der Waals surface area contributed by atoms with Crippen molar-refractivity contribution < 1.29 is 13.2 Å². The zero-order valence-electron chi connectivity index (χ0n) is 12.1. The van der Waals surface area contributed by atoms with Crippen LogP contribution in [0.25, 0.3) is 0 Å². The highest BCUT2D eigenvalue weighted by Crippen LogP contribution is 2.12. The van der Waals surface area contributed by atoms with Crippen molar-refractivity contribution >= 4 is 21.4 Å². The summed E-state index contributed by atoms with van der Waals surface area (Å²) in [6.07, 6.45) is 1.69. The molecule has 0 heterocycles. The van der Waals surface area contributed by atoms with Crippen LogP contribution >= 0.6 is 0 Å². The van der Waals surface area contributed by atoms with E-state index in [1.807, 2.05) is 26.0 Å². The quantitative estimate of drug-likeness (QED) is 0.825. The first-order valence-electron chi connectivity index (χ1n) is 6.52. The second-order valence-corrected chi connectivity index (χ2v) is 7.60. The highest BCUT2D eigenvalue weighted by Gasteiger charge is 2.16. The Hall–Kier alpha value is -1.40. The molecule has 0 aliphatic carbocycles. The topological polar surface area (TPSA) is 89.3 Å². The zero-order chi connectivity index (χ0) is 15.3. The molecular formula is C14H22N2O3S. The third kappa shape index (κ3) is 5.71. The standard InChI is InChI=1S/C14H22N2O3S/c1-10(2)13(15)14(17)16-12-6-4-11(5-7-12)8-9-20(3,18)19/h4-7,10,13H,8-9,15H2,1-3H3,(H,16,17)/t13-/m0/s1. The number of amides is 1. The van der Waals surface area contributed by atoms with E-state index in [0.29, 0.717) is 12.1 Å². The summed E-state index contributed by atoms with van der Waals surface area (Å²) in [5.41, 5.74) is 7.33. The van der Waals surface area contributed by atoms with Crippen molar-refractivity contribution in [2.24, 2.45) is 11.7 Å². The smallest absolute Gasteiger partial charge is 0.241 e. The van der Waals surface area contributed by atoms with Crippen molar-refractivity contribution in [3.05, 3.63) is 29.8 Å². The van der Waals surface area contributed by atoms with Crippen molar-refractivity contribution in [3.63, 3.8) is 0 Å². The van der Waals surface area contributed by atoms with Gasteiger partial charge in [-0.05, 0) is 30.0 Å². The summed E-state index contributed by atoms with van der Waals surface area (Å²) in [5.74, 6) is -0.0235. The Bertz CT molecular complexity index is 550. The predicted octanol–water partition coefficient (Wildman–Crippen LogP) is 1.20. The van der Waals surface area contributed by atoms with Crippen molar-refractivity contribution in [1.82, 2.24) is 0 Å². The van der Waals surface area contributed by atoms with E-state index in [0.717, 1.165) is 5.56 Å². The number of nitrogens with two attached hydrogens (primary N) is 1. The van der Waals surface area contributed by atoms with Crippen LogP contribution < -0.4 is 11.1 Å². The number of aryl methyl sites for hydroxylation is 1. The number of hydrogen-bond donors (Lipinski definition) is 2. The van der Waals surface area contributed by atoms with E-state index in [-0.39, 0.29) is 17.6 Å². The fourth-order valence-corrected chi connectivity index (χ4v) is 2.19. The first kappa shape index (κ1) is 16.7. The van der Waals surface area contributed by atoms with Gasteiger partial charge in [-0.3, -0.25) is 4.79 Å². The molecule has 0 aliphatic heterocycles. The molecule has 0 saturated carbocycles. The monoisotopic (exact) mass is 298 g/mol. The molecule has 20 heavy (non-hydrogen) atoms. The maximum Gasteiger partial charge on any atom is 0.241 e. The lowest BCUT2D eigenvalue weighted by Crippen LogP contribution is -2.39. The molecule has 0 spiro atoms. The van der Waals surface area contributed by atoms with Gasteiger partial charge in [0.25, 0.3) is 0 Å². The van der Waals surface area contributed by atoms with Gasteiger partial charge in [-0.15, -0.1) is 0 Å². The third-order valence-electron chi connectivity index (χ3n) is 3.00. The van der Waals surface area contributed by atoms with Crippen molar-refractivity contribution in [1.29, 1.82) is 0 Å². The summed E-state index contributed by atoms with van der Waals surface area (Å²) in [6, 6.07) is 6.58. The summed E-state index contributed by atoms with van der Waals surface area (Å²) < 4.78 is 22.2. The van der Waals surface area contributed by atoms with Crippen molar-refractivity contribution in [2.75, 3.05) is 17.3 Å². The van der Waals surface area contributed by atoms with Crippen LogP contribution in [-0.2, 0) is 21.1 Å². The molecule has 5 nitrogen and oxygen atoms in total. The third-order valence-corrected chi connectivity index (χ3v) is 3.95. The number of carbonyl (C=O) groups excluding carboxylic acids is 1. The molecule has 0 fully saturated rings. The van der Waals surface area contributed by atoms with E-state index >= 15 is 0 Å². The van der Waals surface area contributed by atoms with Crippen molar-refractivity contribution in [2.45, 2.75) is 26.3 Å². The number of carbonyl (C=O) groups is 1. The van der Waals surface area contributed by atoms with Crippen LogP contribution in [0.15, 0.2) is 24.3 Å². The van der Waals surface area contributed by atoms with Crippen LogP contribution in [0.3, 0.4) is 0 Å². The van der Waals surface area contributed by atoms with Crippen LogP contribution in [-0.4, -0.2) is 32.4 Å². The van der Waals surface area contributed by atoms with Gasteiger partial charge in [-0.1, -0.05) is 26.0 Å². The molecule has 1 aromatic carbocycles. The number of rotatable bonds is 6. The fraction of sp³-hybridized carbons (Fsp3) is 0.500. The maximum atomic E-state index is 11.8. The number of benzene rings is 1. The van der Waals surface area contributed by atoms with Gasteiger partial charge < -0.3 is 11.1 Å². The van der Waals surface area contributed by atoms with E-state index in [1.165, 1.54) is 6.26 Å². The normalized spacial score (nSPS) is 13.2. The van der Waals surface area contributed by atoms with Crippen LogP contribution in [0.5, 0.6) is 0 Å². The summed E-state index contributed by atoms with van der Waals surface area (Å²) in [5, 5.41) is 2.74. The average molecular weight is 298 g/mol. The Morgan fingerprint density at radius 1 is 1.25 bits per heavy atom. The molecule has 0 unspecified atom stereocenters. The second kappa shape index (κ2) is 6.85. The molecule has 3 N–H and O–H groups in total. The van der Waals surface area contributed by atoms with Gasteiger partial charge in [0.05, 0.1) is 11.8 Å². The summed E-state index contributed by atoms with van der Waals surface area (Å²) in [7, 11) is -2.96. The van der Waals surface area contributed by atoms with E-state index in [1.54, 1.807) is 12.1 Å². The predicted molar refractivity (Wildman–Crippen MR) is 81.3 cm³/mol. The zero-order valence-corrected chi connectivity index (χ0v) is 12.9. The molecule has 1 aromatic rings. The van der Waals surface area contributed by atoms with E-state index < -0.39 is 15.9 Å². The molecule has 1 atom stereocenters. The maximum absolute atomic E-state index is 11.8. The van der Waals surface area contributed by atoms with Gasteiger partial charge in [0.1, 0.15) is 9.84 Å². The van der Waals surface area contributed by atoms with Crippen LogP contribution in [0.4, 0.5) is 5.69 Å². The Balaban J connectivity index is 2.61. The number of nitrogens with one attached hydrogen (secondary N) is 1. The van der Waals surface area contributed by atoms with Gasteiger partial charge in [-0.25, -0.2) is 8.42 Å². The number of hydrogen-bond acceptors (Lipinski definition) is 4. The number of anilines is 1. The van der Waals surface area contributed by atoms with Gasteiger partial charge in [0, 0.05) is 11.9 Å². The molecular weight excluding hydrogens is 276 g/mol. The summed E-state index contributed by atoms with van der Waals surface area (Å²) in [4.78, 5) is 11.8. The summed E-state index contributed by atoms with van der Waals surface area (Å²) in [6.45, 7) is 3.77. The molecule has 0 aliphatic rings. The van der Waals surface area contributed by atoms with Gasteiger partial charge in [0.2, 0.25) is 5.91 Å². The van der Waals surface area contributed by atoms with Crippen LogP contribution in [0.2, 0.25) is 0 Å². The van der Waals surface area contributed by atoms with E-state index in [2.05, 4.69) is 5.32 Å². The Morgan fingerprint density at radius 3 is 2.25 bits per heavy atom. The molecule has 6 heteroatoms. The van der Waals surface area contributed by atoms with Gasteiger partial charge in [0.15, 0.2) is 0 Å². The largest absolute Gasteiger partial charge is 0.325 e. The average Bonchev–Trinajstić information content (AvgIpc) is 2.36. The van der Waals surface area contributed by atoms with E-state index in [4.69, 9.17) is 5.73 Å². The Kier molecular flexibility index (Phi) is 5.71. The Labute approximate surface area is 120 Å². The molecule has 0 aromatic heterocycles. The molecule has 0 saturated heterocycles. The molecule has 1 amide bonds. The molecule has 112 valence electrons. The van der Waals surface area contributed by atoms with E-state index in [9.17, 15) is 13.2 Å². The second-order valence-electron chi connectivity index (χ2n) is 5.34. The SMILES string of the molecule is CC(C)[C@H](N)C(=O)Nc1ccc(CCS(C)(=O)=O)cc1. The first-order chi connectivity index (χ1) is 9.19. The van der Waals surface area contributed by atoms with Gasteiger partial charge in [-0.2, -0.15) is 0 Å². The van der Waals surface area contributed by atoms with Crippen LogP contribution in [0.1, 0.15) is 19.4 Å². The minimum absolute atomic E-state index is 0.0732. The van der Waals surface area contributed by atoms with Crippen molar-refractivity contribution in [3.8, 4) is 0 Å². The molecule has 0 bridgehead atoms. The summed E-state index contributed by atoms with van der Waals surface area (Å²) >= 11 is 0. The molecule has 1 rings (SSSR count). The minimum atomic E-state index is -2.96. The minimum Gasteiger partial charge on any atom is -0.325 e. The lowest BCUT2D eigenvalue weighted by Gasteiger charge is -2.15. The highest BCUT2D eigenvalue weighted by molar-refractivity contribution is 7.90. The lowest BCUT2D eigenvalue weighted by molar-refractivity contribution is -0.118. The number of sulfone groups is 1. The Morgan fingerprint density at radius 2 is 1.80 bits per heavy atom. The molecule has 0 radical (unpaired) electrons. The van der Waals surface area contributed by atoms with Gasteiger partial charge >= 0.3 is 0 Å². The fourth-order valence-electron chi connectivity index (χ4n) is 1.59. The highest BCUT2D eigenvalue weighted by atomic mass is 32.2. The lowest BCUT2D eigenvalue weighted by atomic mass is 10.0.